The molecule has 8 N–H and O–H groups in total. The van der Waals surface area contributed by atoms with Gasteiger partial charge in [0.2, 0.25) is 5.95 Å². The summed E-state index contributed by atoms with van der Waals surface area (Å²) in [5.41, 5.74) is 12.0. The molecule has 6 atom stereocenters. The number of ether oxygens (including phenoxy) is 2. The monoisotopic (exact) mass is 643 g/mol. The molecular formula is C21H27N9O11P2. The molecule has 6 rings (SSSR count). The Morgan fingerprint density at radius 3 is 2.60 bits per heavy atom. The van der Waals surface area contributed by atoms with Crippen LogP contribution < -0.4 is 17.0 Å². The minimum absolute atomic E-state index is 0.0922. The van der Waals surface area contributed by atoms with Crippen molar-refractivity contribution in [3.05, 3.63) is 35.3 Å². The predicted molar refractivity (Wildman–Crippen MR) is 145 cm³/mol. The van der Waals surface area contributed by atoms with Crippen molar-refractivity contribution in [3.63, 3.8) is 0 Å². The molecule has 0 bridgehead atoms. The third-order valence-electron chi connectivity index (χ3n) is 6.92. The number of aromatic nitrogens is 7. The van der Waals surface area contributed by atoms with E-state index in [-0.39, 0.29) is 35.8 Å². The molecule has 43 heavy (non-hydrogen) atoms. The lowest BCUT2D eigenvalue weighted by Crippen LogP contribution is -2.24. The second kappa shape index (κ2) is 11.3. The van der Waals surface area contributed by atoms with Crippen LogP contribution in [0.25, 0.3) is 22.2 Å². The molecule has 2 aliphatic heterocycles. The summed E-state index contributed by atoms with van der Waals surface area (Å²) in [6, 6.07) is 1.44. The lowest BCUT2D eigenvalue weighted by molar-refractivity contribution is -0.0529. The molecule has 0 radical (unpaired) electrons. The molecule has 0 aliphatic carbocycles. The number of rotatable bonds is 10. The highest BCUT2D eigenvalue weighted by Gasteiger charge is 2.43. The van der Waals surface area contributed by atoms with Crippen molar-refractivity contribution in [2.75, 3.05) is 24.7 Å². The van der Waals surface area contributed by atoms with Gasteiger partial charge in [0.15, 0.2) is 23.3 Å². The van der Waals surface area contributed by atoms with Crippen molar-refractivity contribution in [2.45, 2.75) is 50.0 Å². The van der Waals surface area contributed by atoms with Gasteiger partial charge in [-0.25, -0.2) is 24.1 Å². The van der Waals surface area contributed by atoms with E-state index in [0.717, 1.165) is 0 Å². The maximum absolute atomic E-state index is 13.1. The van der Waals surface area contributed by atoms with E-state index < -0.39 is 58.6 Å². The van der Waals surface area contributed by atoms with E-state index in [4.69, 9.17) is 39.8 Å². The third-order valence-corrected chi connectivity index (χ3v) is 8.42. The molecule has 4 aromatic rings. The van der Waals surface area contributed by atoms with Crippen LogP contribution in [0.15, 0.2) is 29.7 Å². The van der Waals surface area contributed by atoms with Gasteiger partial charge in [-0.15, -0.1) is 0 Å². The van der Waals surface area contributed by atoms with E-state index in [2.05, 4.69) is 29.4 Å². The van der Waals surface area contributed by atoms with Crippen LogP contribution in [-0.4, -0.2) is 80.3 Å². The van der Waals surface area contributed by atoms with Gasteiger partial charge in [0, 0.05) is 12.6 Å². The number of nitrogens with one attached hydrogen (secondary N) is 1. The van der Waals surface area contributed by atoms with Crippen LogP contribution >= 0.6 is 15.6 Å². The van der Waals surface area contributed by atoms with E-state index in [1.165, 1.54) is 29.5 Å². The standard InChI is InChI=1S/C21H27N9O11P2/c22-16-15-18(25-8-24-16)30(9-26-15)14-2-1-10(39-14)6-38-43(35,36)41-13-5-11(7-37-42(32,33)34)40-20(13)29-4-3-12-17(29)27-21(23)28-19(12)31/h3-4,8-11,13-14,20H,1-2,5-7H2,(H,35,36)(H2,22,24,25)(H2,32,33,34)(H3,23,27,28,31)/t10?,11?,13?,14-,20-/m1/s1. The summed E-state index contributed by atoms with van der Waals surface area (Å²) in [7, 11) is -9.59. The Kier molecular flexibility index (Phi) is 7.84. The van der Waals surface area contributed by atoms with Crippen molar-refractivity contribution >= 4 is 49.6 Å². The molecular weight excluding hydrogens is 616 g/mol. The predicted octanol–water partition coefficient (Wildman–Crippen LogP) is 0.305. The van der Waals surface area contributed by atoms with Crippen molar-refractivity contribution in [2.24, 2.45) is 0 Å². The summed E-state index contributed by atoms with van der Waals surface area (Å²) in [6.45, 7) is -0.847. The first-order chi connectivity index (χ1) is 20.4. The molecule has 0 saturated carbocycles. The number of anilines is 2. The minimum Gasteiger partial charge on any atom is -0.382 e. The number of imidazole rings is 1. The maximum Gasteiger partial charge on any atom is 0.472 e. The Balaban J connectivity index is 1.14. The Hall–Kier alpha value is -3.29. The highest BCUT2D eigenvalue weighted by atomic mass is 31.2. The lowest BCUT2D eigenvalue weighted by Gasteiger charge is -2.23. The minimum atomic E-state index is -4.84. The molecule has 2 aliphatic rings. The Labute approximate surface area is 240 Å². The number of fused-ring (bicyclic) bond motifs is 2. The molecule has 2 fully saturated rings. The molecule has 0 aromatic carbocycles. The van der Waals surface area contributed by atoms with Gasteiger partial charge in [-0.2, -0.15) is 4.98 Å². The van der Waals surface area contributed by atoms with Crippen LogP contribution in [0.4, 0.5) is 11.8 Å². The number of phosphoric ester groups is 2. The summed E-state index contributed by atoms with van der Waals surface area (Å²) in [4.78, 5) is 59.9. The van der Waals surface area contributed by atoms with Gasteiger partial charge < -0.3 is 40.2 Å². The normalized spacial score (nSPS) is 26.0. The van der Waals surface area contributed by atoms with E-state index in [1.807, 2.05) is 0 Å². The van der Waals surface area contributed by atoms with Crippen LogP contribution in [0.1, 0.15) is 31.7 Å². The molecule has 2 saturated heterocycles. The van der Waals surface area contributed by atoms with Crippen LogP contribution in [0.3, 0.4) is 0 Å². The lowest BCUT2D eigenvalue weighted by atomic mass is 10.2. The fourth-order valence-electron chi connectivity index (χ4n) is 5.08. The zero-order chi connectivity index (χ0) is 30.5. The highest BCUT2D eigenvalue weighted by Crippen LogP contribution is 2.50. The quantitative estimate of drug-likeness (QED) is 0.127. The van der Waals surface area contributed by atoms with Gasteiger partial charge in [-0.3, -0.25) is 27.9 Å². The second-order valence-electron chi connectivity index (χ2n) is 9.86. The van der Waals surface area contributed by atoms with Gasteiger partial charge in [-0.05, 0) is 18.9 Å². The van der Waals surface area contributed by atoms with Gasteiger partial charge in [0.25, 0.3) is 5.56 Å². The third kappa shape index (κ3) is 6.34. The molecule has 4 unspecified atom stereocenters. The first-order valence-corrected chi connectivity index (χ1v) is 15.9. The van der Waals surface area contributed by atoms with E-state index in [1.54, 1.807) is 4.57 Å². The first kappa shape index (κ1) is 29.8. The van der Waals surface area contributed by atoms with Crippen LogP contribution in [0.2, 0.25) is 0 Å². The fraction of sp³-hybridized carbons (Fsp3) is 0.476. The van der Waals surface area contributed by atoms with Gasteiger partial charge in [-0.1, -0.05) is 0 Å². The average molecular weight is 643 g/mol. The maximum atomic E-state index is 13.1. The van der Waals surface area contributed by atoms with E-state index >= 15 is 0 Å². The van der Waals surface area contributed by atoms with Crippen molar-refractivity contribution < 1.29 is 46.9 Å². The summed E-state index contributed by atoms with van der Waals surface area (Å²) in [5, 5.41) is 0.155. The molecule has 232 valence electrons. The van der Waals surface area contributed by atoms with Gasteiger partial charge in [0.05, 0.1) is 37.1 Å². The number of H-pyrrole nitrogens is 1. The summed E-state index contributed by atoms with van der Waals surface area (Å²) >= 11 is 0. The topological polar surface area (TPSA) is 287 Å². The number of hydrogen-bond donors (Lipinski definition) is 6. The van der Waals surface area contributed by atoms with Crippen LogP contribution in [0, 0.1) is 0 Å². The van der Waals surface area contributed by atoms with Gasteiger partial charge in [0.1, 0.15) is 24.2 Å². The Bertz CT molecular complexity index is 1810. The van der Waals surface area contributed by atoms with E-state index in [9.17, 15) is 18.8 Å². The molecule has 0 spiro atoms. The number of nitrogen functional groups attached to an aromatic ring is 2. The highest BCUT2D eigenvalue weighted by molar-refractivity contribution is 7.47. The van der Waals surface area contributed by atoms with Crippen molar-refractivity contribution in [3.8, 4) is 0 Å². The summed E-state index contributed by atoms with van der Waals surface area (Å²) in [6.07, 6.45) is 0.791. The summed E-state index contributed by atoms with van der Waals surface area (Å²) in [5.74, 6) is 0.0450. The van der Waals surface area contributed by atoms with Crippen LogP contribution in [-0.2, 0) is 32.2 Å². The fourth-order valence-corrected chi connectivity index (χ4v) is 6.39. The number of hydrogen-bond acceptors (Lipinski definition) is 14. The SMILES string of the molecule is Nc1nc2c(ccn2[C@@H]2OC(COP(=O)(O)O)CC2OP(=O)(O)OCC2CC[C@H](n3cnc4c(N)ncnc43)O2)c(=O)[nH]1. The number of nitrogens with zero attached hydrogens (tertiary/aromatic N) is 6. The smallest absolute Gasteiger partial charge is 0.382 e. The van der Waals surface area contributed by atoms with Crippen molar-refractivity contribution in [1.29, 1.82) is 0 Å². The van der Waals surface area contributed by atoms with Gasteiger partial charge >= 0.3 is 15.6 Å². The first-order valence-electron chi connectivity index (χ1n) is 12.8. The largest absolute Gasteiger partial charge is 0.472 e. The molecule has 4 aromatic heterocycles. The molecule has 20 nitrogen and oxygen atoms in total. The van der Waals surface area contributed by atoms with Crippen molar-refractivity contribution in [1.82, 2.24) is 34.1 Å². The molecule has 0 amide bonds. The zero-order valence-electron chi connectivity index (χ0n) is 22.1. The second-order valence-corrected chi connectivity index (χ2v) is 12.5. The van der Waals surface area contributed by atoms with Crippen LogP contribution in [0.5, 0.6) is 0 Å². The Morgan fingerprint density at radius 1 is 1.02 bits per heavy atom. The molecule has 22 heteroatoms. The number of nitrogens with two attached hydrogens (primary N) is 2. The summed E-state index contributed by atoms with van der Waals surface area (Å²) < 4.78 is 54.5. The Morgan fingerprint density at radius 2 is 1.81 bits per heavy atom. The van der Waals surface area contributed by atoms with E-state index in [0.29, 0.717) is 24.0 Å². The molecule has 6 heterocycles. The number of aromatic amines is 1. The average Bonchev–Trinajstić information content (AvgIpc) is 3.71. The number of phosphoric acid groups is 2. The zero-order valence-corrected chi connectivity index (χ0v) is 23.9.